The van der Waals surface area contributed by atoms with Crippen LogP contribution in [0.1, 0.15) is 0 Å². The lowest BCUT2D eigenvalue weighted by molar-refractivity contribution is 0.433. The summed E-state index contributed by atoms with van der Waals surface area (Å²) in [5, 5.41) is 10.4. The predicted molar refractivity (Wildman–Crippen MR) is 53.9 cm³/mol. The van der Waals surface area contributed by atoms with Crippen molar-refractivity contribution in [1.29, 1.82) is 0 Å². The van der Waals surface area contributed by atoms with Crippen molar-refractivity contribution in [1.82, 2.24) is 9.97 Å². The van der Waals surface area contributed by atoms with Gasteiger partial charge in [0.25, 0.3) is 0 Å². The third-order valence-corrected chi connectivity index (χ3v) is 2.81. The molecule has 0 aliphatic rings. The summed E-state index contributed by atoms with van der Waals surface area (Å²) < 4.78 is 0.788. The minimum absolute atomic E-state index is 0.245. The number of nitrogens with zero attached hydrogens (tertiary/aromatic N) is 2. The zero-order chi connectivity index (χ0) is 9.42. The Morgan fingerprint density at radius 3 is 2.92 bits per heavy atom. The Hall–Kier alpha value is -0.870. The first-order chi connectivity index (χ1) is 6.16. The van der Waals surface area contributed by atoms with Crippen molar-refractivity contribution < 1.29 is 5.11 Å². The van der Waals surface area contributed by atoms with Gasteiger partial charge < -0.3 is 5.11 Å². The molecule has 2 rings (SSSR count). The van der Waals surface area contributed by atoms with Gasteiger partial charge >= 0.3 is 6.01 Å². The van der Waals surface area contributed by atoms with E-state index in [-0.39, 0.29) is 6.01 Å². The molecule has 2 aromatic rings. The first kappa shape index (κ1) is 8.72. The molecule has 0 aliphatic carbocycles. The average molecular weight is 259 g/mol. The molecule has 1 N–H and O–H groups in total. The molecule has 0 unspecified atom stereocenters. The van der Waals surface area contributed by atoms with Crippen LogP contribution in [0.25, 0.3) is 10.9 Å². The van der Waals surface area contributed by atoms with Gasteiger partial charge in [0, 0.05) is 16.1 Å². The Balaban J connectivity index is 2.81. The predicted octanol–water partition coefficient (Wildman–Crippen LogP) is 2.75. The van der Waals surface area contributed by atoms with E-state index in [0.29, 0.717) is 10.5 Å². The maximum atomic E-state index is 9.01. The normalized spacial score (nSPS) is 10.6. The van der Waals surface area contributed by atoms with Crippen LogP contribution in [-0.2, 0) is 0 Å². The molecule has 13 heavy (non-hydrogen) atoms. The first-order valence-electron chi connectivity index (χ1n) is 3.47. The second kappa shape index (κ2) is 3.12. The molecule has 0 spiro atoms. The molecule has 66 valence electrons. The molecule has 3 nitrogen and oxygen atoms in total. The van der Waals surface area contributed by atoms with Gasteiger partial charge in [-0.2, -0.15) is 4.98 Å². The molecule has 1 heterocycles. The number of benzene rings is 1. The molecule has 0 amide bonds. The summed E-state index contributed by atoms with van der Waals surface area (Å²) in [6.45, 7) is 0. The fourth-order valence-corrected chi connectivity index (χ4v) is 1.53. The van der Waals surface area contributed by atoms with Crippen LogP contribution < -0.4 is 0 Å². The van der Waals surface area contributed by atoms with E-state index in [1.165, 1.54) is 0 Å². The van der Waals surface area contributed by atoms with Crippen molar-refractivity contribution in [2.45, 2.75) is 0 Å². The largest absolute Gasteiger partial charge is 0.479 e. The summed E-state index contributed by atoms with van der Waals surface area (Å²) in [7, 11) is 0. The highest BCUT2D eigenvalue weighted by molar-refractivity contribution is 9.10. The van der Waals surface area contributed by atoms with E-state index in [2.05, 4.69) is 25.9 Å². The molecule has 0 atom stereocenters. The lowest BCUT2D eigenvalue weighted by atomic mass is 10.2. The monoisotopic (exact) mass is 258 g/mol. The van der Waals surface area contributed by atoms with Crippen molar-refractivity contribution in [2.24, 2.45) is 0 Å². The number of fused-ring (bicyclic) bond motifs is 1. The van der Waals surface area contributed by atoms with Crippen molar-refractivity contribution in [3.8, 4) is 6.01 Å². The maximum Gasteiger partial charge on any atom is 0.314 e. The van der Waals surface area contributed by atoms with Crippen molar-refractivity contribution >= 4 is 38.4 Å². The van der Waals surface area contributed by atoms with Crippen molar-refractivity contribution in [3.63, 3.8) is 0 Å². The quantitative estimate of drug-likeness (QED) is 0.791. The molecule has 0 saturated carbocycles. The van der Waals surface area contributed by atoms with Crippen molar-refractivity contribution in [3.05, 3.63) is 27.8 Å². The zero-order valence-electron chi connectivity index (χ0n) is 6.33. The Morgan fingerprint density at radius 2 is 2.15 bits per heavy atom. The third-order valence-electron chi connectivity index (χ3n) is 1.61. The second-order valence-electron chi connectivity index (χ2n) is 2.50. The zero-order valence-corrected chi connectivity index (χ0v) is 8.67. The number of hydrogen-bond donors (Lipinski definition) is 1. The van der Waals surface area contributed by atoms with Crippen LogP contribution in [0, 0.1) is 0 Å². The Kier molecular flexibility index (Phi) is 2.09. The first-order valence-corrected chi connectivity index (χ1v) is 4.64. The highest BCUT2D eigenvalue weighted by Crippen LogP contribution is 2.27. The van der Waals surface area contributed by atoms with E-state index in [4.69, 9.17) is 16.7 Å². The second-order valence-corrected chi connectivity index (χ2v) is 3.76. The summed E-state index contributed by atoms with van der Waals surface area (Å²) in [5.74, 6) is 0. The van der Waals surface area contributed by atoms with E-state index in [1.54, 1.807) is 18.3 Å². The van der Waals surface area contributed by atoms with Gasteiger partial charge in [0.05, 0.1) is 10.5 Å². The van der Waals surface area contributed by atoms with E-state index in [9.17, 15) is 0 Å². The van der Waals surface area contributed by atoms with Crippen LogP contribution in [0.3, 0.4) is 0 Å². The molecule has 0 aliphatic heterocycles. The van der Waals surface area contributed by atoms with Gasteiger partial charge in [-0.05, 0) is 28.1 Å². The topological polar surface area (TPSA) is 46.0 Å². The number of halogens is 2. The standard InChI is InChI=1S/C8H4BrClN2O/c9-5-1-4-3-11-8(13)12-7(4)2-6(5)10/h1-3H,(H,11,12,13). The SMILES string of the molecule is Oc1ncc2cc(Br)c(Cl)cc2n1. The minimum atomic E-state index is -0.245. The molecule has 1 aromatic carbocycles. The Bertz CT molecular complexity index is 475. The number of rotatable bonds is 0. The molecule has 1 aromatic heterocycles. The lowest BCUT2D eigenvalue weighted by Gasteiger charge is -1.99. The van der Waals surface area contributed by atoms with Gasteiger partial charge in [0.15, 0.2) is 0 Å². The fourth-order valence-electron chi connectivity index (χ4n) is 1.02. The smallest absolute Gasteiger partial charge is 0.314 e. The molecule has 0 bridgehead atoms. The van der Waals surface area contributed by atoms with Crippen LogP contribution in [0.15, 0.2) is 22.8 Å². The molecular weight excluding hydrogens is 255 g/mol. The summed E-state index contributed by atoms with van der Waals surface area (Å²) in [6.07, 6.45) is 1.54. The Morgan fingerprint density at radius 1 is 1.38 bits per heavy atom. The van der Waals surface area contributed by atoms with E-state index in [1.807, 2.05) is 0 Å². The summed E-state index contributed by atoms with van der Waals surface area (Å²) >= 11 is 9.14. The van der Waals surface area contributed by atoms with E-state index < -0.39 is 0 Å². The van der Waals surface area contributed by atoms with Gasteiger partial charge in [-0.15, -0.1) is 0 Å². The maximum absolute atomic E-state index is 9.01. The summed E-state index contributed by atoms with van der Waals surface area (Å²) in [6, 6.07) is 3.23. The van der Waals surface area contributed by atoms with Gasteiger partial charge in [-0.25, -0.2) is 4.98 Å². The molecular formula is C8H4BrClN2O. The van der Waals surface area contributed by atoms with E-state index >= 15 is 0 Å². The Labute approximate surface area is 87.5 Å². The highest BCUT2D eigenvalue weighted by Gasteiger charge is 2.02. The fraction of sp³-hybridized carbons (Fsp3) is 0. The van der Waals surface area contributed by atoms with Gasteiger partial charge in [-0.1, -0.05) is 11.6 Å². The number of aromatic hydroxyl groups is 1. The molecule has 0 radical (unpaired) electrons. The van der Waals surface area contributed by atoms with Gasteiger partial charge in [-0.3, -0.25) is 0 Å². The lowest BCUT2D eigenvalue weighted by Crippen LogP contribution is -1.83. The average Bonchev–Trinajstić information content (AvgIpc) is 2.08. The highest BCUT2D eigenvalue weighted by atomic mass is 79.9. The van der Waals surface area contributed by atoms with Crippen LogP contribution in [0.2, 0.25) is 5.02 Å². The minimum Gasteiger partial charge on any atom is -0.479 e. The van der Waals surface area contributed by atoms with Crippen LogP contribution in [0.5, 0.6) is 6.01 Å². The number of hydrogen-bond acceptors (Lipinski definition) is 3. The summed E-state index contributed by atoms with van der Waals surface area (Å²) in [4.78, 5) is 7.48. The van der Waals surface area contributed by atoms with Crippen molar-refractivity contribution in [2.75, 3.05) is 0 Å². The molecule has 0 saturated heterocycles. The van der Waals surface area contributed by atoms with Crippen LogP contribution in [0.4, 0.5) is 0 Å². The van der Waals surface area contributed by atoms with Crippen LogP contribution >= 0.6 is 27.5 Å². The molecule has 5 heteroatoms. The summed E-state index contributed by atoms with van der Waals surface area (Å²) in [5.41, 5.74) is 0.626. The third kappa shape index (κ3) is 1.59. The van der Waals surface area contributed by atoms with Crippen LogP contribution in [-0.4, -0.2) is 15.1 Å². The number of aromatic nitrogens is 2. The van der Waals surface area contributed by atoms with E-state index in [0.717, 1.165) is 9.86 Å². The van der Waals surface area contributed by atoms with Gasteiger partial charge in [0.2, 0.25) is 0 Å². The van der Waals surface area contributed by atoms with Gasteiger partial charge in [0.1, 0.15) is 0 Å². The molecule has 0 fully saturated rings.